The number of carbonyl (C=O) groups is 2. The third kappa shape index (κ3) is 5.77. The Balaban J connectivity index is 2.02. The van der Waals surface area contributed by atoms with E-state index in [2.05, 4.69) is 12.0 Å². The van der Waals surface area contributed by atoms with Gasteiger partial charge in [0, 0.05) is 5.56 Å². The van der Waals surface area contributed by atoms with E-state index < -0.39 is 17.8 Å². The lowest BCUT2D eigenvalue weighted by atomic mass is 10.1. The molecule has 1 heterocycles. The van der Waals surface area contributed by atoms with Crippen LogP contribution >= 0.6 is 0 Å². The van der Waals surface area contributed by atoms with Gasteiger partial charge in [-0.15, -0.1) is 6.58 Å². The SMILES string of the molecule is C=CCOCC(O)C[N+]1(NC(=O)C(=O)c2ccccc2)CCCCC1. The van der Waals surface area contributed by atoms with Gasteiger partial charge in [0.15, 0.2) is 0 Å². The summed E-state index contributed by atoms with van der Waals surface area (Å²) < 4.78 is 5.51. The summed E-state index contributed by atoms with van der Waals surface area (Å²) in [7, 11) is 0. The number of ketones is 1. The number of nitrogens with zero attached hydrogens (tertiary/aromatic N) is 1. The number of likely N-dealkylation sites (tertiary alicyclic amines) is 1. The highest BCUT2D eigenvalue weighted by molar-refractivity contribution is 6.42. The van der Waals surface area contributed by atoms with Crippen LogP contribution in [-0.4, -0.2) is 60.3 Å². The molecular formula is C19H27N2O4+. The standard InChI is InChI=1S/C19H26N2O4/c1-2-13-25-15-17(22)14-21(11-7-4-8-12-21)20-19(24)18(23)16-9-5-3-6-10-16/h2-3,5-6,9-10,17,22H,1,4,7-8,11-15H2/p+1. The normalized spacial score (nSPS) is 17.5. The number of nitrogens with one attached hydrogen (secondary N) is 1. The fourth-order valence-corrected chi connectivity index (χ4v) is 3.19. The van der Waals surface area contributed by atoms with Crippen LogP contribution < -0.4 is 5.43 Å². The molecule has 136 valence electrons. The number of piperidine rings is 1. The maximum Gasteiger partial charge on any atom is 0.336 e. The summed E-state index contributed by atoms with van der Waals surface area (Å²) in [5.74, 6) is -1.19. The van der Waals surface area contributed by atoms with E-state index in [0.717, 1.165) is 19.3 Å². The average molecular weight is 347 g/mol. The van der Waals surface area contributed by atoms with Crippen LogP contribution in [0.5, 0.6) is 0 Å². The van der Waals surface area contributed by atoms with Crippen LogP contribution in [0, 0.1) is 0 Å². The van der Waals surface area contributed by atoms with Crippen molar-refractivity contribution in [1.82, 2.24) is 5.43 Å². The molecule has 1 aromatic rings. The molecule has 0 aliphatic carbocycles. The molecule has 1 fully saturated rings. The topological polar surface area (TPSA) is 75.6 Å². The smallest absolute Gasteiger partial charge is 0.336 e. The first-order valence-electron chi connectivity index (χ1n) is 8.71. The van der Waals surface area contributed by atoms with Gasteiger partial charge in [0.25, 0.3) is 5.78 Å². The molecule has 1 aliphatic heterocycles. The molecule has 2 rings (SSSR count). The first-order valence-corrected chi connectivity index (χ1v) is 8.71. The zero-order valence-corrected chi connectivity index (χ0v) is 14.5. The summed E-state index contributed by atoms with van der Waals surface area (Å²) in [5.41, 5.74) is 3.23. The van der Waals surface area contributed by atoms with E-state index >= 15 is 0 Å². The van der Waals surface area contributed by atoms with Crippen LogP contribution in [0.3, 0.4) is 0 Å². The van der Waals surface area contributed by atoms with Gasteiger partial charge in [-0.05, 0) is 19.3 Å². The van der Waals surface area contributed by atoms with Crippen molar-refractivity contribution in [3.63, 3.8) is 0 Å². The summed E-state index contributed by atoms with van der Waals surface area (Å²) in [6.45, 7) is 5.84. The molecule has 0 aromatic heterocycles. The Morgan fingerprint density at radius 2 is 1.92 bits per heavy atom. The molecule has 0 bridgehead atoms. The highest BCUT2D eigenvalue weighted by Crippen LogP contribution is 2.17. The second-order valence-electron chi connectivity index (χ2n) is 6.45. The Morgan fingerprint density at radius 1 is 1.24 bits per heavy atom. The van der Waals surface area contributed by atoms with Crippen molar-refractivity contribution in [2.75, 3.05) is 32.8 Å². The minimum absolute atomic E-state index is 0.175. The monoisotopic (exact) mass is 347 g/mol. The third-order valence-corrected chi connectivity index (χ3v) is 4.36. The zero-order chi connectivity index (χ0) is 18.1. The second-order valence-corrected chi connectivity index (χ2v) is 6.45. The molecular weight excluding hydrogens is 320 g/mol. The number of ether oxygens (including phenoxy) is 1. The molecule has 1 atom stereocenters. The third-order valence-electron chi connectivity index (χ3n) is 4.36. The molecule has 0 radical (unpaired) electrons. The molecule has 25 heavy (non-hydrogen) atoms. The first kappa shape index (κ1) is 19.3. The van der Waals surface area contributed by atoms with Crippen molar-refractivity contribution in [3.05, 3.63) is 48.6 Å². The van der Waals surface area contributed by atoms with Crippen molar-refractivity contribution in [2.45, 2.75) is 25.4 Å². The number of benzene rings is 1. The highest BCUT2D eigenvalue weighted by atomic mass is 16.5. The van der Waals surface area contributed by atoms with E-state index in [1.54, 1.807) is 36.4 Å². The Bertz CT molecular complexity index is 582. The van der Waals surface area contributed by atoms with E-state index in [9.17, 15) is 14.7 Å². The number of amides is 1. The number of quaternary nitrogens is 1. The number of hydrogen-bond donors (Lipinski definition) is 2. The van der Waals surface area contributed by atoms with Gasteiger partial charge < -0.3 is 9.84 Å². The van der Waals surface area contributed by atoms with Gasteiger partial charge in [-0.1, -0.05) is 36.4 Å². The summed E-state index contributed by atoms with van der Waals surface area (Å²) in [6.07, 6.45) is 3.88. The Morgan fingerprint density at radius 3 is 2.56 bits per heavy atom. The van der Waals surface area contributed by atoms with Gasteiger partial charge in [-0.3, -0.25) is 9.59 Å². The number of rotatable bonds is 9. The van der Waals surface area contributed by atoms with Crippen molar-refractivity contribution in [1.29, 1.82) is 0 Å². The Labute approximate surface area is 148 Å². The van der Waals surface area contributed by atoms with Crippen LogP contribution in [-0.2, 0) is 9.53 Å². The van der Waals surface area contributed by atoms with Gasteiger partial charge >= 0.3 is 5.91 Å². The van der Waals surface area contributed by atoms with E-state index in [4.69, 9.17) is 4.74 Å². The summed E-state index contributed by atoms with van der Waals surface area (Å²) >= 11 is 0. The van der Waals surface area contributed by atoms with Crippen LogP contribution in [0.15, 0.2) is 43.0 Å². The lowest BCUT2D eigenvalue weighted by Gasteiger charge is -2.41. The maximum absolute atomic E-state index is 12.5. The van der Waals surface area contributed by atoms with E-state index in [1.807, 2.05) is 0 Å². The molecule has 1 unspecified atom stereocenters. The van der Waals surface area contributed by atoms with Gasteiger partial charge in [0.05, 0.1) is 13.2 Å². The average Bonchev–Trinajstić information content (AvgIpc) is 2.62. The number of aliphatic hydroxyl groups excluding tert-OH is 1. The molecule has 2 N–H and O–H groups in total. The summed E-state index contributed by atoms with van der Waals surface area (Å²) in [4.78, 5) is 24.8. The lowest BCUT2D eigenvalue weighted by molar-refractivity contribution is -0.967. The first-order chi connectivity index (χ1) is 12.1. The largest absolute Gasteiger partial charge is 0.385 e. The van der Waals surface area contributed by atoms with Gasteiger partial charge in [-0.2, -0.15) is 5.43 Å². The van der Waals surface area contributed by atoms with Crippen molar-refractivity contribution >= 4 is 11.7 Å². The molecule has 1 aromatic carbocycles. The van der Waals surface area contributed by atoms with Crippen LogP contribution in [0.1, 0.15) is 29.6 Å². The molecule has 6 heteroatoms. The number of Topliss-reactive ketones (excluding diaryl/α,β-unsaturated/α-hetero) is 1. The lowest BCUT2D eigenvalue weighted by Crippen LogP contribution is -2.66. The minimum atomic E-state index is -0.717. The van der Waals surface area contributed by atoms with Gasteiger partial charge in [0.2, 0.25) is 0 Å². The quantitative estimate of drug-likeness (QED) is 0.233. The van der Waals surface area contributed by atoms with E-state index in [-0.39, 0.29) is 11.2 Å². The van der Waals surface area contributed by atoms with E-state index in [0.29, 0.717) is 31.8 Å². The van der Waals surface area contributed by atoms with Crippen LogP contribution in [0.4, 0.5) is 0 Å². The van der Waals surface area contributed by atoms with Gasteiger partial charge in [0.1, 0.15) is 25.7 Å². The molecule has 0 spiro atoms. The molecule has 1 amide bonds. The van der Waals surface area contributed by atoms with Crippen LogP contribution in [0.2, 0.25) is 0 Å². The van der Waals surface area contributed by atoms with Crippen molar-refractivity contribution in [3.8, 4) is 0 Å². The number of aliphatic hydroxyl groups is 1. The van der Waals surface area contributed by atoms with Crippen molar-refractivity contribution < 1.29 is 24.0 Å². The highest BCUT2D eigenvalue weighted by Gasteiger charge is 2.36. The zero-order valence-electron chi connectivity index (χ0n) is 14.5. The number of carbonyl (C=O) groups excluding carboxylic acids is 2. The second kappa shape index (κ2) is 9.46. The molecule has 0 saturated carbocycles. The minimum Gasteiger partial charge on any atom is -0.385 e. The van der Waals surface area contributed by atoms with Crippen LogP contribution in [0.25, 0.3) is 0 Å². The van der Waals surface area contributed by atoms with Gasteiger partial charge in [-0.25, -0.2) is 4.59 Å². The number of hydrogen-bond acceptors (Lipinski definition) is 4. The Hall–Kier alpha value is -2.02. The predicted octanol–water partition coefficient (Wildman–Crippen LogP) is 1.46. The Kier molecular flexibility index (Phi) is 7.31. The van der Waals surface area contributed by atoms with Crippen molar-refractivity contribution in [2.24, 2.45) is 0 Å². The predicted molar refractivity (Wildman–Crippen MR) is 94.7 cm³/mol. The van der Waals surface area contributed by atoms with E-state index in [1.165, 1.54) is 0 Å². The maximum atomic E-state index is 12.5. The molecule has 1 aliphatic rings. The fourth-order valence-electron chi connectivity index (χ4n) is 3.19. The molecule has 1 saturated heterocycles. The fraction of sp³-hybridized carbons (Fsp3) is 0.474. The summed E-state index contributed by atoms with van der Waals surface area (Å²) in [6, 6.07) is 8.51. The summed E-state index contributed by atoms with van der Waals surface area (Å²) in [5, 5.41) is 10.3. The molecule has 6 nitrogen and oxygen atoms in total.